The molecule has 17 heavy (non-hydrogen) atoms. The molecule has 100 valence electrons. The van der Waals surface area contributed by atoms with E-state index in [1.54, 1.807) is 0 Å². The molecule has 1 heterocycles. The molecule has 0 bridgehead atoms. The summed E-state index contributed by atoms with van der Waals surface area (Å²) in [6.45, 7) is 3.05. The summed E-state index contributed by atoms with van der Waals surface area (Å²) in [4.78, 5) is 2.78. The van der Waals surface area contributed by atoms with Crippen LogP contribution in [0.1, 0.15) is 32.1 Å². The molecule has 1 aliphatic rings. The standard InChI is InChI=1S/C12H24N2O2S/c1-14(7-3-2-4-11(13)17)10-12(15)5-8-16-9-6-12/h15H,2-10H2,1H3,(H2,13,17). The van der Waals surface area contributed by atoms with E-state index in [0.29, 0.717) is 18.2 Å². The van der Waals surface area contributed by atoms with E-state index in [1.807, 2.05) is 7.05 Å². The van der Waals surface area contributed by atoms with Crippen molar-refractivity contribution in [2.45, 2.75) is 37.7 Å². The second kappa shape index (κ2) is 7.26. The lowest BCUT2D eigenvalue weighted by Gasteiger charge is -2.35. The SMILES string of the molecule is CN(CCCCC(N)=S)CC1(O)CCOCC1. The van der Waals surface area contributed by atoms with Crippen LogP contribution in [0.3, 0.4) is 0 Å². The molecule has 1 rings (SSSR count). The average Bonchev–Trinajstić information content (AvgIpc) is 2.24. The summed E-state index contributed by atoms with van der Waals surface area (Å²) in [5, 5.41) is 10.3. The Morgan fingerprint density at radius 1 is 1.41 bits per heavy atom. The van der Waals surface area contributed by atoms with Crippen molar-refractivity contribution in [1.82, 2.24) is 4.90 Å². The smallest absolute Gasteiger partial charge is 0.0817 e. The number of nitrogens with zero attached hydrogens (tertiary/aromatic N) is 1. The summed E-state index contributed by atoms with van der Waals surface area (Å²) in [6, 6.07) is 0. The van der Waals surface area contributed by atoms with Crippen LogP contribution in [0.2, 0.25) is 0 Å². The Morgan fingerprint density at radius 2 is 2.06 bits per heavy atom. The molecule has 4 nitrogen and oxygen atoms in total. The third-order valence-corrected chi connectivity index (χ3v) is 3.40. The van der Waals surface area contributed by atoms with E-state index in [-0.39, 0.29) is 0 Å². The number of aliphatic hydroxyl groups is 1. The summed E-state index contributed by atoms with van der Waals surface area (Å²) in [7, 11) is 2.05. The van der Waals surface area contributed by atoms with Crippen molar-refractivity contribution in [3.05, 3.63) is 0 Å². The van der Waals surface area contributed by atoms with Gasteiger partial charge in [0.1, 0.15) is 0 Å². The molecular formula is C12H24N2O2S. The highest BCUT2D eigenvalue weighted by Crippen LogP contribution is 2.21. The quantitative estimate of drug-likeness (QED) is 0.526. The molecule has 0 saturated carbocycles. The van der Waals surface area contributed by atoms with E-state index in [2.05, 4.69) is 4.90 Å². The van der Waals surface area contributed by atoms with Crippen molar-refractivity contribution in [3.63, 3.8) is 0 Å². The molecule has 0 amide bonds. The lowest BCUT2D eigenvalue weighted by atomic mass is 9.94. The van der Waals surface area contributed by atoms with Gasteiger partial charge in [0.05, 0.1) is 10.6 Å². The zero-order chi connectivity index (χ0) is 12.7. The Labute approximate surface area is 109 Å². The first-order chi connectivity index (χ1) is 8.02. The average molecular weight is 260 g/mol. The Hall–Kier alpha value is -0.230. The molecule has 0 aromatic rings. The molecule has 5 heteroatoms. The highest BCUT2D eigenvalue weighted by atomic mass is 32.1. The number of nitrogens with two attached hydrogens (primary N) is 1. The van der Waals surface area contributed by atoms with Gasteiger partial charge in [-0.1, -0.05) is 12.2 Å². The molecule has 0 radical (unpaired) electrons. The summed E-state index contributed by atoms with van der Waals surface area (Å²) in [5.74, 6) is 0. The molecule has 1 saturated heterocycles. The Morgan fingerprint density at radius 3 is 2.65 bits per heavy atom. The van der Waals surface area contributed by atoms with Gasteiger partial charge < -0.3 is 20.5 Å². The fourth-order valence-electron chi connectivity index (χ4n) is 2.17. The third-order valence-electron chi connectivity index (χ3n) is 3.20. The van der Waals surface area contributed by atoms with Gasteiger partial charge in [0.25, 0.3) is 0 Å². The lowest BCUT2D eigenvalue weighted by molar-refractivity contribution is -0.0769. The predicted octanol–water partition coefficient (Wildman–Crippen LogP) is 0.916. The highest BCUT2D eigenvalue weighted by Gasteiger charge is 2.30. The van der Waals surface area contributed by atoms with Gasteiger partial charge in [-0.25, -0.2) is 0 Å². The summed E-state index contributed by atoms with van der Waals surface area (Å²) in [5.41, 5.74) is 4.88. The van der Waals surface area contributed by atoms with Gasteiger partial charge in [-0.05, 0) is 32.9 Å². The molecule has 0 aromatic carbocycles. The van der Waals surface area contributed by atoms with Gasteiger partial charge in [0, 0.05) is 32.6 Å². The number of hydrogen-bond acceptors (Lipinski definition) is 4. The Kier molecular flexibility index (Phi) is 6.33. The highest BCUT2D eigenvalue weighted by molar-refractivity contribution is 7.80. The number of ether oxygens (including phenoxy) is 1. The Bertz CT molecular complexity index is 243. The molecule has 3 N–H and O–H groups in total. The van der Waals surface area contributed by atoms with Crippen LogP contribution < -0.4 is 5.73 Å². The number of hydrogen-bond donors (Lipinski definition) is 2. The minimum absolute atomic E-state index is 0.559. The van der Waals surface area contributed by atoms with Crippen molar-refractivity contribution in [3.8, 4) is 0 Å². The van der Waals surface area contributed by atoms with E-state index in [1.165, 1.54) is 0 Å². The van der Waals surface area contributed by atoms with Crippen LogP contribution in [0, 0.1) is 0 Å². The first-order valence-corrected chi connectivity index (χ1v) is 6.70. The van der Waals surface area contributed by atoms with Crippen LogP contribution in [-0.2, 0) is 4.74 Å². The second-order valence-electron chi connectivity index (χ2n) is 5.00. The van der Waals surface area contributed by atoms with Crippen LogP contribution in [0.15, 0.2) is 0 Å². The Balaban J connectivity index is 2.15. The zero-order valence-corrected chi connectivity index (χ0v) is 11.5. The van der Waals surface area contributed by atoms with E-state index in [9.17, 15) is 5.11 Å². The number of likely N-dealkylation sites (N-methyl/N-ethyl adjacent to an activating group) is 1. The first-order valence-electron chi connectivity index (χ1n) is 6.29. The van der Waals surface area contributed by atoms with Gasteiger partial charge >= 0.3 is 0 Å². The van der Waals surface area contributed by atoms with Crippen molar-refractivity contribution < 1.29 is 9.84 Å². The number of rotatable bonds is 7. The van der Waals surface area contributed by atoms with Gasteiger partial charge in [-0.15, -0.1) is 0 Å². The summed E-state index contributed by atoms with van der Waals surface area (Å²) < 4.78 is 5.26. The topological polar surface area (TPSA) is 58.7 Å². The van der Waals surface area contributed by atoms with E-state index in [4.69, 9.17) is 22.7 Å². The molecule has 0 atom stereocenters. The molecule has 1 aliphatic heterocycles. The monoisotopic (exact) mass is 260 g/mol. The molecular weight excluding hydrogens is 236 g/mol. The van der Waals surface area contributed by atoms with Gasteiger partial charge in [-0.2, -0.15) is 0 Å². The maximum atomic E-state index is 10.3. The number of thiocarbonyl (C=S) groups is 1. The molecule has 0 aromatic heterocycles. The second-order valence-corrected chi connectivity index (χ2v) is 5.52. The van der Waals surface area contributed by atoms with Crippen molar-refractivity contribution in [2.24, 2.45) is 5.73 Å². The van der Waals surface area contributed by atoms with Crippen LogP contribution in [0.25, 0.3) is 0 Å². The van der Waals surface area contributed by atoms with E-state index >= 15 is 0 Å². The van der Waals surface area contributed by atoms with E-state index in [0.717, 1.165) is 45.2 Å². The fraction of sp³-hybridized carbons (Fsp3) is 0.917. The molecule has 0 aliphatic carbocycles. The first kappa shape index (κ1) is 14.8. The largest absolute Gasteiger partial charge is 0.393 e. The van der Waals surface area contributed by atoms with Crippen molar-refractivity contribution in [1.29, 1.82) is 0 Å². The number of unbranched alkanes of at least 4 members (excludes halogenated alkanes) is 1. The van der Waals surface area contributed by atoms with Crippen molar-refractivity contribution >= 4 is 17.2 Å². The normalized spacial score (nSPS) is 19.5. The maximum absolute atomic E-state index is 10.3. The van der Waals surface area contributed by atoms with Crippen LogP contribution in [-0.4, -0.2) is 53.9 Å². The fourth-order valence-corrected chi connectivity index (χ4v) is 2.32. The molecule has 0 spiro atoms. The summed E-state index contributed by atoms with van der Waals surface area (Å²) in [6.07, 6.45) is 4.40. The van der Waals surface area contributed by atoms with Crippen LogP contribution >= 0.6 is 12.2 Å². The predicted molar refractivity (Wildman–Crippen MR) is 73.1 cm³/mol. The zero-order valence-electron chi connectivity index (χ0n) is 10.7. The van der Waals surface area contributed by atoms with Crippen LogP contribution in [0.5, 0.6) is 0 Å². The molecule has 0 unspecified atom stereocenters. The molecule has 1 fully saturated rings. The summed E-state index contributed by atoms with van der Waals surface area (Å²) >= 11 is 4.83. The van der Waals surface area contributed by atoms with Gasteiger partial charge in [-0.3, -0.25) is 0 Å². The third kappa shape index (κ3) is 6.31. The minimum atomic E-state index is -0.559. The maximum Gasteiger partial charge on any atom is 0.0817 e. The lowest BCUT2D eigenvalue weighted by Crippen LogP contribution is -2.45. The van der Waals surface area contributed by atoms with Crippen LogP contribution in [0.4, 0.5) is 0 Å². The van der Waals surface area contributed by atoms with Gasteiger partial charge in [0.15, 0.2) is 0 Å². The van der Waals surface area contributed by atoms with Crippen molar-refractivity contribution in [2.75, 3.05) is 33.4 Å². The minimum Gasteiger partial charge on any atom is -0.393 e. The van der Waals surface area contributed by atoms with Gasteiger partial charge in [0.2, 0.25) is 0 Å². The van der Waals surface area contributed by atoms with E-state index < -0.39 is 5.60 Å².